The van der Waals surface area contributed by atoms with Gasteiger partial charge in [-0.2, -0.15) is 8.78 Å². The van der Waals surface area contributed by atoms with Crippen molar-refractivity contribution in [3.8, 4) is 0 Å². The molecule has 0 aromatic heterocycles. The Labute approximate surface area is 61.1 Å². The average Bonchev–Trinajstić information content (AvgIpc) is 2.11. The molecule has 0 bridgehead atoms. The molecule has 0 saturated carbocycles. The third-order valence-electron chi connectivity index (χ3n) is 1.32. The number of hydrogen-bond acceptors (Lipinski definition) is 2. The maximum atomic E-state index is 12.1. The predicted octanol–water partition coefficient (Wildman–Crippen LogP) is 1.38. The molecular weight excluding hydrogens is 166 g/mol. The van der Waals surface area contributed by atoms with E-state index in [2.05, 4.69) is 16.3 Å². The molecule has 10 heavy (non-hydrogen) atoms. The van der Waals surface area contributed by atoms with Crippen LogP contribution in [0, 0.1) is 5.92 Å². The smallest absolute Gasteiger partial charge is 0.328 e. The Morgan fingerprint density at radius 1 is 1.70 bits per heavy atom. The molecular formula is C5H5ClF2O2. The summed E-state index contributed by atoms with van der Waals surface area (Å²) in [6.45, 7) is -0.269. The maximum Gasteiger partial charge on any atom is 0.328 e. The van der Waals surface area contributed by atoms with Crippen molar-refractivity contribution in [3.05, 3.63) is 0 Å². The average molecular weight is 171 g/mol. The fourth-order valence-electron chi connectivity index (χ4n) is 0.723. The molecule has 5 heteroatoms. The van der Waals surface area contributed by atoms with E-state index in [1.165, 1.54) is 0 Å². The van der Waals surface area contributed by atoms with Crippen LogP contribution in [0.5, 0.6) is 0 Å². The van der Waals surface area contributed by atoms with Crippen LogP contribution in [-0.2, 0) is 9.53 Å². The van der Waals surface area contributed by atoms with E-state index in [-0.39, 0.29) is 13.0 Å². The van der Waals surface area contributed by atoms with E-state index >= 15 is 0 Å². The monoisotopic (exact) mass is 170 g/mol. The van der Waals surface area contributed by atoms with E-state index in [4.69, 9.17) is 0 Å². The lowest BCUT2D eigenvalue weighted by molar-refractivity contribution is -0.137. The molecule has 1 rings (SSSR count). The lowest BCUT2D eigenvalue weighted by Gasteiger charge is -2.11. The molecule has 1 unspecified atom stereocenters. The van der Waals surface area contributed by atoms with E-state index < -0.39 is 17.3 Å². The summed E-state index contributed by atoms with van der Waals surface area (Å²) in [5.41, 5.74) is 0. The van der Waals surface area contributed by atoms with Gasteiger partial charge in [-0.25, -0.2) is 0 Å². The van der Waals surface area contributed by atoms with Crippen LogP contribution in [0.15, 0.2) is 0 Å². The highest BCUT2D eigenvalue weighted by Crippen LogP contribution is 2.34. The van der Waals surface area contributed by atoms with E-state index in [9.17, 15) is 13.6 Å². The minimum absolute atomic E-state index is 0.269. The second-order valence-electron chi connectivity index (χ2n) is 2.13. The van der Waals surface area contributed by atoms with Crippen LogP contribution < -0.4 is 0 Å². The number of alkyl halides is 3. The number of ether oxygens (including phenoxy) is 1. The van der Waals surface area contributed by atoms with Crippen molar-refractivity contribution in [2.75, 3.05) is 6.61 Å². The Balaban J connectivity index is 2.53. The Bertz CT molecular complexity index is 154. The quantitative estimate of drug-likeness (QED) is 0.439. The van der Waals surface area contributed by atoms with Crippen molar-refractivity contribution < 1.29 is 18.3 Å². The summed E-state index contributed by atoms with van der Waals surface area (Å²) in [6, 6.07) is 0. The first-order valence-electron chi connectivity index (χ1n) is 2.72. The first-order valence-corrected chi connectivity index (χ1v) is 3.10. The van der Waals surface area contributed by atoms with Crippen molar-refractivity contribution in [1.29, 1.82) is 0 Å². The van der Waals surface area contributed by atoms with Crippen molar-refractivity contribution in [2.45, 2.75) is 11.8 Å². The molecule has 0 spiro atoms. The molecule has 0 aliphatic carbocycles. The summed E-state index contributed by atoms with van der Waals surface area (Å²) in [7, 11) is 0. The Hall–Kier alpha value is -0.380. The largest absolute Gasteiger partial charge is 0.465 e. The highest BCUT2D eigenvalue weighted by Gasteiger charge is 2.43. The normalized spacial score (nSPS) is 26.7. The maximum absolute atomic E-state index is 12.1. The van der Waals surface area contributed by atoms with E-state index in [0.29, 0.717) is 0 Å². The summed E-state index contributed by atoms with van der Waals surface area (Å²) in [6.07, 6.45) is -0.281. The van der Waals surface area contributed by atoms with Gasteiger partial charge >= 0.3 is 11.4 Å². The molecule has 0 aromatic rings. The van der Waals surface area contributed by atoms with Gasteiger partial charge in [-0.1, -0.05) is 0 Å². The summed E-state index contributed by atoms with van der Waals surface area (Å²) in [5.74, 6) is -1.76. The van der Waals surface area contributed by atoms with Gasteiger partial charge in [0, 0.05) is 0 Å². The fraction of sp³-hybridized carbons (Fsp3) is 0.800. The number of carbonyl (C=O) groups excluding carboxylic acids is 1. The molecule has 1 aliphatic rings. The van der Waals surface area contributed by atoms with Crippen LogP contribution in [0.3, 0.4) is 0 Å². The van der Waals surface area contributed by atoms with Gasteiger partial charge in [0.2, 0.25) is 0 Å². The zero-order valence-corrected chi connectivity index (χ0v) is 5.70. The second kappa shape index (κ2) is 2.34. The van der Waals surface area contributed by atoms with Gasteiger partial charge in [-0.05, 0) is 11.6 Å². The molecule has 1 fully saturated rings. The van der Waals surface area contributed by atoms with Gasteiger partial charge in [-0.3, -0.25) is 4.79 Å². The number of hydrogen-bond donors (Lipinski definition) is 0. The van der Waals surface area contributed by atoms with E-state index in [1.54, 1.807) is 0 Å². The third kappa shape index (κ3) is 1.56. The predicted molar refractivity (Wildman–Crippen MR) is 29.9 cm³/mol. The van der Waals surface area contributed by atoms with Crippen LogP contribution in [0.4, 0.5) is 8.78 Å². The SMILES string of the molecule is O=C1CC(C(F)(F)Cl)CO1. The number of carbonyl (C=O) groups is 1. The Morgan fingerprint density at radius 3 is 2.50 bits per heavy atom. The lowest BCUT2D eigenvalue weighted by Crippen LogP contribution is -2.21. The first-order chi connectivity index (χ1) is 4.50. The lowest BCUT2D eigenvalue weighted by atomic mass is 10.1. The van der Waals surface area contributed by atoms with Gasteiger partial charge < -0.3 is 4.74 Å². The molecule has 0 radical (unpaired) electrons. The third-order valence-corrected chi connectivity index (χ3v) is 1.63. The number of rotatable bonds is 1. The summed E-state index contributed by atoms with van der Waals surface area (Å²) < 4.78 is 28.6. The Kier molecular flexibility index (Phi) is 1.81. The molecule has 1 aliphatic heterocycles. The van der Waals surface area contributed by atoms with Gasteiger partial charge in [0.25, 0.3) is 0 Å². The minimum atomic E-state index is -3.31. The molecule has 2 nitrogen and oxygen atoms in total. The van der Waals surface area contributed by atoms with Crippen LogP contribution >= 0.6 is 11.6 Å². The topological polar surface area (TPSA) is 26.3 Å². The van der Waals surface area contributed by atoms with Gasteiger partial charge in [0.05, 0.1) is 12.3 Å². The molecule has 0 aromatic carbocycles. The van der Waals surface area contributed by atoms with Gasteiger partial charge in [0.1, 0.15) is 6.61 Å². The Morgan fingerprint density at radius 2 is 2.30 bits per heavy atom. The van der Waals surface area contributed by atoms with Crippen molar-refractivity contribution in [3.63, 3.8) is 0 Å². The standard InChI is InChI=1S/C5H5ClF2O2/c6-5(7,8)3-1-4(9)10-2-3/h3H,1-2H2. The molecule has 1 atom stereocenters. The van der Waals surface area contributed by atoms with Crippen molar-refractivity contribution in [2.24, 2.45) is 5.92 Å². The molecule has 0 N–H and O–H groups in total. The number of esters is 1. The fourth-order valence-corrected chi connectivity index (χ4v) is 0.863. The molecule has 58 valence electrons. The number of cyclic esters (lactones) is 1. The molecule has 0 amide bonds. The minimum Gasteiger partial charge on any atom is -0.465 e. The van der Waals surface area contributed by atoms with Crippen molar-refractivity contribution in [1.82, 2.24) is 0 Å². The van der Waals surface area contributed by atoms with Crippen LogP contribution in [0.2, 0.25) is 0 Å². The van der Waals surface area contributed by atoms with Crippen LogP contribution in [0.1, 0.15) is 6.42 Å². The first kappa shape index (κ1) is 7.72. The van der Waals surface area contributed by atoms with Crippen molar-refractivity contribution >= 4 is 17.6 Å². The highest BCUT2D eigenvalue weighted by molar-refractivity contribution is 6.22. The zero-order chi connectivity index (χ0) is 7.78. The summed E-state index contributed by atoms with van der Waals surface area (Å²) in [4.78, 5) is 10.3. The second-order valence-corrected chi connectivity index (χ2v) is 2.63. The molecule has 1 saturated heterocycles. The highest BCUT2D eigenvalue weighted by atomic mass is 35.5. The van der Waals surface area contributed by atoms with E-state index in [1.807, 2.05) is 0 Å². The van der Waals surface area contributed by atoms with Gasteiger partial charge in [-0.15, -0.1) is 0 Å². The van der Waals surface area contributed by atoms with Crippen LogP contribution in [-0.4, -0.2) is 18.0 Å². The van der Waals surface area contributed by atoms with E-state index in [0.717, 1.165) is 0 Å². The molecule has 1 heterocycles. The summed E-state index contributed by atoms with van der Waals surface area (Å²) >= 11 is 4.64. The number of halogens is 3. The van der Waals surface area contributed by atoms with Crippen LogP contribution in [0.25, 0.3) is 0 Å². The summed E-state index contributed by atoms with van der Waals surface area (Å²) in [5, 5.41) is -3.31. The zero-order valence-electron chi connectivity index (χ0n) is 4.94. The van der Waals surface area contributed by atoms with Gasteiger partial charge in [0.15, 0.2) is 0 Å².